The molecular formula is C17H23F3N2O. The van der Waals surface area contributed by atoms with Crippen molar-refractivity contribution in [2.75, 3.05) is 45.9 Å². The Morgan fingerprint density at radius 3 is 2.48 bits per heavy atom. The van der Waals surface area contributed by atoms with E-state index in [1.54, 1.807) is 0 Å². The van der Waals surface area contributed by atoms with Gasteiger partial charge in [-0.1, -0.05) is 18.2 Å². The summed E-state index contributed by atoms with van der Waals surface area (Å²) in [7, 11) is 0. The highest BCUT2D eigenvalue weighted by molar-refractivity contribution is 5.34. The van der Waals surface area contributed by atoms with Crippen LogP contribution in [-0.4, -0.2) is 61.9 Å². The van der Waals surface area contributed by atoms with Crippen molar-refractivity contribution in [3.05, 3.63) is 29.8 Å². The normalized spacial score (nSPS) is 23.9. The van der Waals surface area contributed by atoms with Gasteiger partial charge in [0.2, 0.25) is 0 Å². The number of benzene rings is 1. The Bertz CT molecular complexity index is 513. The Morgan fingerprint density at radius 1 is 1.04 bits per heavy atom. The van der Waals surface area contributed by atoms with Crippen LogP contribution in [0.5, 0.6) is 5.75 Å². The van der Waals surface area contributed by atoms with Crippen LogP contribution in [-0.2, 0) is 6.42 Å². The molecule has 0 N–H and O–H groups in total. The van der Waals surface area contributed by atoms with E-state index >= 15 is 0 Å². The number of ether oxygens (including phenoxy) is 1. The molecule has 2 aliphatic rings. The first-order valence-corrected chi connectivity index (χ1v) is 8.22. The first-order valence-electron chi connectivity index (χ1n) is 8.22. The van der Waals surface area contributed by atoms with Gasteiger partial charge in [-0.15, -0.1) is 0 Å². The lowest BCUT2D eigenvalue weighted by Gasteiger charge is -2.36. The second-order valence-corrected chi connectivity index (χ2v) is 6.51. The largest absolute Gasteiger partial charge is 0.493 e. The van der Waals surface area contributed by atoms with Gasteiger partial charge in [0.1, 0.15) is 5.75 Å². The maximum atomic E-state index is 12.4. The van der Waals surface area contributed by atoms with Crippen molar-refractivity contribution in [1.29, 1.82) is 0 Å². The van der Waals surface area contributed by atoms with E-state index in [0.717, 1.165) is 44.8 Å². The summed E-state index contributed by atoms with van der Waals surface area (Å²) in [4.78, 5) is 3.80. The molecule has 0 amide bonds. The monoisotopic (exact) mass is 328 g/mol. The zero-order valence-electron chi connectivity index (χ0n) is 13.2. The second kappa shape index (κ2) is 7.09. The fourth-order valence-corrected chi connectivity index (χ4v) is 3.47. The molecule has 0 aliphatic carbocycles. The van der Waals surface area contributed by atoms with E-state index in [-0.39, 0.29) is 0 Å². The molecule has 1 atom stereocenters. The molecule has 128 valence electrons. The van der Waals surface area contributed by atoms with Crippen molar-refractivity contribution < 1.29 is 17.9 Å². The molecule has 0 aromatic heterocycles. The molecule has 0 unspecified atom stereocenters. The summed E-state index contributed by atoms with van der Waals surface area (Å²) >= 11 is 0. The SMILES string of the molecule is FC(F)(F)CN1CCN(C[C@@H]2CCOc3ccccc3C2)CC1. The third-order valence-corrected chi connectivity index (χ3v) is 4.65. The molecule has 2 aliphatic heterocycles. The Labute approximate surface area is 135 Å². The topological polar surface area (TPSA) is 15.7 Å². The van der Waals surface area contributed by atoms with E-state index in [2.05, 4.69) is 11.0 Å². The van der Waals surface area contributed by atoms with Gasteiger partial charge < -0.3 is 9.64 Å². The van der Waals surface area contributed by atoms with Crippen LogP contribution in [0, 0.1) is 5.92 Å². The van der Waals surface area contributed by atoms with Crippen molar-refractivity contribution in [3.8, 4) is 5.75 Å². The summed E-state index contributed by atoms with van der Waals surface area (Å²) in [5.41, 5.74) is 1.24. The summed E-state index contributed by atoms with van der Waals surface area (Å²) in [6, 6.07) is 8.13. The summed E-state index contributed by atoms with van der Waals surface area (Å²) in [5, 5.41) is 0. The van der Waals surface area contributed by atoms with E-state index in [1.807, 2.05) is 18.2 Å². The van der Waals surface area contributed by atoms with Crippen molar-refractivity contribution >= 4 is 0 Å². The summed E-state index contributed by atoms with van der Waals surface area (Å²) in [5.74, 6) is 1.48. The minimum atomic E-state index is -4.09. The number of piperazine rings is 1. The van der Waals surface area contributed by atoms with E-state index in [1.165, 1.54) is 10.5 Å². The van der Waals surface area contributed by atoms with Crippen LogP contribution in [0.25, 0.3) is 0 Å². The molecule has 3 rings (SSSR count). The van der Waals surface area contributed by atoms with Gasteiger partial charge in [-0.05, 0) is 30.4 Å². The van der Waals surface area contributed by atoms with Gasteiger partial charge >= 0.3 is 6.18 Å². The van der Waals surface area contributed by atoms with Gasteiger partial charge in [-0.25, -0.2) is 0 Å². The average Bonchev–Trinajstić information content (AvgIpc) is 2.69. The third-order valence-electron chi connectivity index (χ3n) is 4.65. The molecule has 0 saturated carbocycles. The Balaban J connectivity index is 1.49. The number of hydrogen-bond donors (Lipinski definition) is 0. The Morgan fingerprint density at radius 2 is 1.74 bits per heavy atom. The van der Waals surface area contributed by atoms with Crippen LogP contribution < -0.4 is 4.74 Å². The molecule has 0 spiro atoms. The van der Waals surface area contributed by atoms with Crippen molar-refractivity contribution in [1.82, 2.24) is 9.80 Å². The number of fused-ring (bicyclic) bond motifs is 1. The van der Waals surface area contributed by atoms with Gasteiger partial charge in [0.25, 0.3) is 0 Å². The number of nitrogens with zero attached hydrogens (tertiary/aromatic N) is 2. The zero-order chi connectivity index (χ0) is 16.3. The van der Waals surface area contributed by atoms with Gasteiger partial charge in [0, 0.05) is 32.7 Å². The summed E-state index contributed by atoms with van der Waals surface area (Å²) in [6.45, 7) is 3.31. The molecule has 1 fully saturated rings. The lowest BCUT2D eigenvalue weighted by Crippen LogP contribution is -2.50. The first kappa shape index (κ1) is 16.6. The zero-order valence-corrected chi connectivity index (χ0v) is 13.2. The lowest BCUT2D eigenvalue weighted by molar-refractivity contribution is -0.149. The molecular weight excluding hydrogens is 305 g/mol. The van der Waals surface area contributed by atoms with Gasteiger partial charge in [0.15, 0.2) is 0 Å². The standard InChI is InChI=1S/C17H23F3N2O/c18-17(19,20)13-22-8-6-21(7-9-22)12-14-5-10-23-16-4-2-1-3-15(16)11-14/h1-4,14H,5-13H2/t14-/m1/s1. The number of rotatable bonds is 3. The minimum absolute atomic E-state index is 0.499. The maximum absolute atomic E-state index is 12.4. The van der Waals surface area contributed by atoms with E-state index in [4.69, 9.17) is 4.74 Å². The lowest BCUT2D eigenvalue weighted by atomic mass is 9.96. The molecule has 3 nitrogen and oxygen atoms in total. The van der Waals surface area contributed by atoms with Gasteiger partial charge in [-0.3, -0.25) is 4.90 Å². The summed E-state index contributed by atoms with van der Waals surface area (Å²) < 4.78 is 43.1. The van der Waals surface area contributed by atoms with Crippen molar-refractivity contribution in [2.24, 2.45) is 5.92 Å². The Kier molecular flexibility index (Phi) is 5.11. The average molecular weight is 328 g/mol. The minimum Gasteiger partial charge on any atom is -0.493 e. The second-order valence-electron chi connectivity index (χ2n) is 6.51. The molecule has 6 heteroatoms. The molecule has 2 heterocycles. The third kappa shape index (κ3) is 4.85. The number of alkyl halides is 3. The van der Waals surface area contributed by atoms with E-state index in [9.17, 15) is 13.2 Å². The first-order chi connectivity index (χ1) is 11.0. The van der Waals surface area contributed by atoms with Crippen LogP contribution in [0.2, 0.25) is 0 Å². The van der Waals surface area contributed by atoms with Gasteiger partial charge in [-0.2, -0.15) is 13.2 Å². The molecule has 23 heavy (non-hydrogen) atoms. The van der Waals surface area contributed by atoms with Crippen LogP contribution in [0.1, 0.15) is 12.0 Å². The summed E-state index contributed by atoms with van der Waals surface area (Å²) in [6.07, 6.45) is -2.11. The van der Waals surface area contributed by atoms with E-state index in [0.29, 0.717) is 19.0 Å². The number of hydrogen-bond acceptors (Lipinski definition) is 3. The van der Waals surface area contributed by atoms with Gasteiger partial charge in [0.05, 0.1) is 13.2 Å². The highest BCUT2D eigenvalue weighted by atomic mass is 19.4. The van der Waals surface area contributed by atoms with Crippen LogP contribution in [0.15, 0.2) is 24.3 Å². The molecule has 0 radical (unpaired) electrons. The molecule has 1 aromatic carbocycles. The Hall–Kier alpha value is -1.27. The molecule has 1 aromatic rings. The van der Waals surface area contributed by atoms with Crippen LogP contribution in [0.3, 0.4) is 0 Å². The smallest absolute Gasteiger partial charge is 0.401 e. The fraction of sp³-hybridized carbons (Fsp3) is 0.647. The predicted octanol–water partition coefficient (Wildman–Crippen LogP) is 2.81. The number of halogens is 3. The fourth-order valence-electron chi connectivity index (χ4n) is 3.47. The molecule has 1 saturated heterocycles. The maximum Gasteiger partial charge on any atom is 0.401 e. The predicted molar refractivity (Wildman–Crippen MR) is 82.7 cm³/mol. The van der Waals surface area contributed by atoms with Crippen LogP contribution >= 0.6 is 0 Å². The van der Waals surface area contributed by atoms with Crippen LogP contribution in [0.4, 0.5) is 13.2 Å². The molecule has 0 bridgehead atoms. The highest BCUT2D eigenvalue weighted by Crippen LogP contribution is 2.27. The van der Waals surface area contributed by atoms with Crippen molar-refractivity contribution in [2.45, 2.75) is 19.0 Å². The quantitative estimate of drug-likeness (QED) is 0.849. The van der Waals surface area contributed by atoms with Crippen molar-refractivity contribution in [3.63, 3.8) is 0 Å². The van der Waals surface area contributed by atoms with E-state index < -0.39 is 12.7 Å². The number of para-hydroxylation sites is 1. The highest BCUT2D eigenvalue weighted by Gasteiger charge is 2.32.